The molecule has 0 saturated carbocycles. The molecule has 1 aromatic heterocycles. The molecule has 13 heteroatoms. The van der Waals surface area contributed by atoms with Crippen molar-refractivity contribution in [1.82, 2.24) is 9.97 Å². The monoisotopic (exact) mass is 576 g/mol. The van der Waals surface area contributed by atoms with Gasteiger partial charge in [-0.15, -0.1) is 0 Å². The van der Waals surface area contributed by atoms with Gasteiger partial charge in [0.05, 0.1) is 42.0 Å². The number of fused-ring (bicyclic) bond motifs is 1. The molecule has 3 N–H and O–H groups in total. The van der Waals surface area contributed by atoms with Crippen LogP contribution in [0.2, 0.25) is 0 Å². The Morgan fingerprint density at radius 3 is 2.51 bits per heavy atom. The molecule has 0 amide bonds. The lowest BCUT2D eigenvalue weighted by molar-refractivity contribution is 0.112. The summed E-state index contributed by atoms with van der Waals surface area (Å²) in [5.41, 5.74) is 7.30. The lowest BCUT2D eigenvalue weighted by Crippen LogP contribution is -2.07. The largest absolute Gasteiger partial charge is 0.383 e. The van der Waals surface area contributed by atoms with Gasteiger partial charge in [0, 0.05) is 22.2 Å². The number of carbonyl (C=O) groups is 1. The molecule has 0 aliphatic rings. The van der Waals surface area contributed by atoms with E-state index in [0.717, 1.165) is 12.1 Å². The fraction of sp³-hybridized carbons (Fsp3) is 0.179. The maximum absolute atomic E-state index is 14.9. The third-order valence-corrected chi connectivity index (χ3v) is 7.71. The van der Waals surface area contributed by atoms with Gasteiger partial charge < -0.3 is 20.1 Å². The number of nitrogens with two attached hydrogens (primary N) is 1. The topological polar surface area (TPSA) is 164 Å². The van der Waals surface area contributed by atoms with Gasteiger partial charge in [0.2, 0.25) is 5.95 Å². The molecule has 208 valence electrons. The predicted molar refractivity (Wildman–Crippen MR) is 148 cm³/mol. The Labute approximate surface area is 233 Å². The molecule has 41 heavy (non-hydrogen) atoms. The molecule has 0 fully saturated rings. The number of anilines is 3. The number of para-hydroxylation sites is 1. The molecule has 0 bridgehead atoms. The van der Waals surface area contributed by atoms with Crippen LogP contribution in [0.4, 0.5) is 26.2 Å². The van der Waals surface area contributed by atoms with Crippen molar-refractivity contribution < 1.29 is 27.2 Å². The van der Waals surface area contributed by atoms with E-state index in [-0.39, 0.29) is 53.6 Å². The second-order valence-electron chi connectivity index (χ2n) is 8.65. The van der Waals surface area contributed by atoms with Crippen molar-refractivity contribution in [2.45, 2.75) is 13.3 Å². The normalized spacial score (nSPS) is 12.3. The number of nitrogens with zero attached hydrogens (tertiary/aromatic N) is 4. The van der Waals surface area contributed by atoms with Crippen LogP contribution in [0.3, 0.4) is 0 Å². The van der Waals surface area contributed by atoms with Crippen molar-refractivity contribution in [2.75, 3.05) is 30.4 Å². The zero-order chi connectivity index (χ0) is 29.6. The smallest absolute Gasteiger partial charge is 0.344 e. The Hall–Kier alpha value is -4.74. The molecular weight excluding hydrogens is 553 g/mol. The highest BCUT2D eigenvalue weighted by Crippen LogP contribution is 2.47. The van der Waals surface area contributed by atoms with E-state index < -0.39 is 25.4 Å². The number of nitrogens with one attached hydrogen (secondary N) is 1. The molecule has 0 saturated heterocycles. The first-order chi connectivity index (χ1) is 19.7. The summed E-state index contributed by atoms with van der Waals surface area (Å²) in [6, 6.07) is 15.1. The van der Waals surface area contributed by atoms with Gasteiger partial charge in [-0.1, -0.05) is 12.1 Å². The summed E-state index contributed by atoms with van der Waals surface area (Å²) in [6.45, 7) is 1.66. The number of nitriles is 2. The Kier molecular flexibility index (Phi) is 9.00. The molecule has 0 radical (unpaired) electrons. The van der Waals surface area contributed by atoms with Gasteiger partial charge in [-0.3, -0.25) is 9.36 Å². The highest BCUT2D eigenvalue weighted by Gasteiger charge is 2.24. The average molecular weight is 577 g/mol. The van der Waals surface area contributed by atoms with Gasteiger partial charge in [-0.25, -0.2) is 13.8 Å². The lowest BCUT2D eigenvalue weighted by Gasteiger charge is -2.17. The summed E-state index contributed by atoms with van der Waals surface area (Å²) in [6.07, 6.45) is 0.116. The standard InChI is InChI=1S/C28H23F2N6O4P/c1-2-39-41(38,11-9-31)40-10-8-19-12-17(15-32)6-7-24(19)34-28-35-26-20(4-3-5-21(26)27(33)36-28)25-22(29)13-18(16-37)14-23(25)30/h3-7,12-14,16H,2,8,10-11H2,1H3,(H3,33,34,35,36). The average Bonchev–Trinajstić information content (AvgIpc) is 2.94. The molecule has 1 unspecified atom stereocenters. The van der Waals surface area contributed by atoms with Crippen molar-refractivity contribution in [1.29, 1.82) is 10.5 Å². The Bertz CT molecular complexity index is 1750. The van der Waals surface area contributed by atoms with Crippen molar-refractivity contribution in [2.24, 2.45) is 0 Å². The number of halogens is 2. The van der Waals surface area contributed by atoms with E-state index in [4.69, 9.17) is 20.0 Å². The minimum atomic E-state index is -3.61. The van der Waals surface area contributed by atoms with Gasteiger partial charge in [0.25, 0.3) is 0 Å². The predicted octanol–water partition coefficient (Wildman–Crippen LogP) is 5.90. The molecule has 4 aromatic rings. The van der Waals surface area contributed by atoms with Crippen LogP contribution in [0.15, 0.2) is 48.5 Å². The fourth-order valence-corrected chi connectivity index (χ4v) is 5.36. The Balaban J connectivity index is 1.71. The van der Waals surface area contributed by atoms with Crippen molar-refractivity contribution in [3.63, 3.8) is 0 Å². The van der Waals surface area contributed by atoms with Crippen LogP contribution >= 0.6 is 7.60 Å². The van der Waals surface area contributed by atoms with Crippen molar-refractivity contribution >= 4 is 42.2 Å². The van der Waals surface area contributed by atoms with E-state index in [1.807, 2.05) is 6.07 Å². The first-order valence-electron chi connectivity index (χ1n) is 12.3. The van der Waals surface area contributed by atoms with E-state index in [1.165, 1.54) is 6.07 Å². The number of rotatable bonds is 11. The Morgan fingerprint density at radius 2 is 1.85 bits per heavy atom. The van der Waals surface area contributed by atoms with Crippen LogP contribution in [-0.2, 0) is 20.0 Å². The molecule has 0 aliphatic heterocycles. The number of carbonyl (C=O) groups excluding carboxylic acids is 1. The maximum Gasteiger partial charge on any atom is 0.344 e. The summed E-state index contributed by atoms with van der Waals surface area (Å²) < 4.78 is 53.1. The van der Waals surface area contributed by atoms with Crippen LogP contribution in [0.1, 0.15) is 28.4 Å². The molecule has 4 rings (SSSR count). The Morgan fingerprint density at radius 1 is 1.10 bits per heavy atom. The number of hydrogen-bond donors (Lipinski definition) is 2. The number of nitrogen functional groups attached to an aromatic ring is 1. The third kappa shape index (κ3) is 6.53. The van der Waals surface area contributed by atoms with Crippen LogP contribution in [0.5, 0.6) is 0 Å². The first-order valence-corrected chi connectivity index (χ1v) is 14.0. The van der Waals surface area contributed by atoms with E-state index >= 15 is 0 Å². The highest BCUT2D eigenvalue weighted by molar-refractivity contribution is 7.54. The minimum absolute atomic E-state index is 0.00382. The first kappa shape index (κ1) is 29.2. The number of aromatic nitrogens is 2. The summed E-state index contributed by atoms with van der Waals surface area (Å²) in [5, 5.41) is 21.7. The molecule has 0 spiro atoms. The SMILES string of the molecule is CCOP(=O)(CC#N)OCCc1cc(C#N)ccc1Nc1nc(N)c2cccc(-c3c(F)cc(C=O)cc3F)c2n1. The van der Waals surface area contributed by atoms with Gasteiger partial charge in [-0.2, -0.15) is 15.5 Å². The molecule has 10 nitrogen and oxygen atoms in total. The fourth-order valence-electron chi connectivity index (χ4n) is 4.17. The second-order valence-corrected chi connectivity index (χ2v) is 10.7. The van der Waals surface area contributed by atoms with Crippen LogP contribution in [-0.4, -0.2) is 35.6 Å². The molecule has 1 heterocycles. The summed E-state index contributed by atoms with van der Waals surface area (Å²) in [5.74, 6) is -1.84. The van der Waals surface area contributed by atoms with E-state index in [0.29, 0.717) is 28.5 Å². The molecular formula is C28H23F2N6O4P. The van der Waals surface area contributed by atoms with Crippen LogP contribution in [0, 0.1) is 34.3 Å². The van der Waals surface area contributed by atoms with Gasteiger partial charge in [-0.05, 0) is 55.3 Å². The molecule has 1 atom stereocenters. The zero-order valence-electron chi connectivity index (χ0n) is 21.7. The quantitative estimate of drug-likeness (QED) is 0.162. The summed E-state index contributed by atoms with van der Waals surface area (Å²) in [7, 11) is -3.61. The second kappa shape index (κ2) is 12.6. The molecule has 3 aromatic carbocycles. The van der Waals surface area contributed by atoms with E-state index in [2.05, 4.69) is 15.3 Å². The summed E-state index contributed by atoms with van der Waals surface area (Å²) >= 11 is 0. The number of benzene rings is 3. The van der Waals surface area contributed by atoms with Gasteiger partial charge in [0.15, 0.2) is 0 Å². The van der Waals surface area contributed by atoms with Crippen molar-refractivity contribution in [3.8, 4) is 23.3 Å². The molecule has 0 aliphatic carbocycles. The van der Waals surface area contributed by atoms with E-state index in [1.54, 1.807) is 43.3 Å². The van der Waals surface area contributed by atoms with Crippen LogP contribution in [0.25, 0.3) is 22.0 Å². The zero-order valence-corrected chi connectivity index (χ0v) is 22.6. The third-order valence-electron chi connectivity index (χ3n) is 5.96. The van der Waals surface area contributed by atoms with Crippen LogP contribution < -0.4 is 11.1 Å². The van der Waals surface area contributed by atoms with E-state index in [9.17, 15) is 23.4 Å². The number of aldehydes is 1. The van der Waals surface area contributed by atoms with Crippen molar-refractivity contribution in [3.05, 3.63) is 76.9 Å². The highest BCUT2D eigenvalue weighted by atomic mass is 31.2. The summed E-state index contributed by atoms with van der Waals surface area (Å²) in [4.78, 5) is 19.8. The van der Waals surface area contributed by atoms with Gasteiger partial charge >= 0.3 is 7.60 Å². The lowest BCUT2D eigenvalue weighted by atomic mass is 9.99. The van der Waals surface area contributed by atoms with Gasteiger partial charge in [0.1, 0.15) is 29.9 Å². The minimum Gasteiger partial charge on any atom is -0.383 e. The maximum atomic E-state index is 14.9. The number of hydrogen-bond acceptors (Lipinski definition) is 10.